The first-order valence-corrected chi connectivity index (χ1v) is 13.3. The normalized spacial score (nSPS) is 14.8. The third-order valence-electron chi connectivity index (χ3n) is 6.96. The molecular formula is C31H44N2O7. The van der Waals surface area contributed by atoms with Crippen LogP contribution in [0, 0.1) is 10.8 Å². The van der Waals surface area contributed by atoms with E-state index in [2.05, 4.69) is 10.6 Å². The molecule has 0 saturated heterocycles. The van der Waals surface area contributed by atoms with Crippen LogP contribution >= 0.6 is 0 Å². The third-order valence-corrected chi connectivity index (χ3v) is 6.96. The number of rotatable bonds is 12. The molecule has 0 bridgehead atoms. The van der Waals surface area contributed by atoms with Gasteiger partial charge in [-0.3, -0.25) is 9.59 Å². The summed E-state index contributed by atoms with van der Waals surface area (Å²) in [6.45, 7) is 10.5. The Labute approximate surface area is 237 Å². The summed E-state index contributed by atoms with van der Waals surface area (Å²) in [4.78, 5) is 40.9. The summed E-state index contributed by atoms with van der Waals surface area (Å²) < 4.78 is 22.5. The molecule has 220 valence electrons. The van der Waals surface area contributed by atoms with Gasteiger partial charge in [-0.2, -0.15) is 0 Å². The quantitative estimate of drug-likeness (QED) is 0.367. The van der Waals surface area contributed by atoms with Crippen molar-refractivity contribution in [3.8, 4) is 0 Å². The van der Waals surface area contributed by atoms with Crippen molar-refractivity contribution in [1.82, 2.24) is 10.6 Å². The number of amides is 2. The third kappa shape index (κ3) is 7.82. The Hall–Kier alpha value is -3.43. The number of ether oxygens (including phenoxy) is 4. The lowest BCUT2D eigenvalue weighted by Crippen LogP contribution is -2.64. The van der Waals surface area contributed by atoms with Crippen LogP contribution in [-0.4, -0.2) is 56.6 Å². The molecule has 0 fully saturated rings. The first kappa shape index (κ1) is 32.8. The van der Waals surface area contributed by atoms with Crippen LogP contribution in [0.3, 0.4) is 0 Å². The van der Waals surface area contributed by atoms with Crippen LogP contribution in [0.1, 0.15) is 52.7 Å². The first-order valence-electron chi connectivity index (χ1n) is 13.3. The number of carbonyl (C=O) groups excluding carboxylic acids is 3. The Bertz CT molecular complexity index is 1020. The van der Waals surface area contributed by atoms with E-state index in [1.807, 2.05) is 60.7 Å². The molecule has 2 aromatic carbocycles. The lowest BCUT2D eigenvalue weighted by molar-refractivity contribution is -0.188. The number of nitrogens with one attached hydrogen (secondary N) is 2. The standard InChI is InChI=1S/C31H44N2O7/c1-28(2,3)30(21-37-7,25(34)32-19-23-15-11-9-12-16-23)39-27(36)40-31(22-38-8,29(4,5)6)26(35)33-20-24-17-13-10-14-18-24/h9-18H,19-22H2,1-8H3,(H,32,34)(H,33,35)/t30-,31-/m1/s1. The van der Waals surface area contributed by atoms with E-state index in [4.69, 9.17) is 18.9 Å². The maximum Gasteiger partial charge on any atom is 0.510 e. The van der Waals surface area contributed by atoms with Gasteiger partial charge in [0.25, 0.3) is 11.8 Å². The lowest BCUT2D eigenvalue weighted by Gasteiger charge is -2.44. The van der Waals surface area contributed by atoms with Gasteiger partial charge < -0.3 is 29.6 Å². The molecule has 2 rings (SSSR count). The van der Waals surface area contributed by atoms with E-state index in [0.29, 0.717) is 0 Å². The van der Waals surface area contributed by atoms with E-state index in [0.717, 1.165) is 11.1 Å². The predicted molar refractivity (Wildman–Crippen MR) is 152 cm³/mol. The van der Waals surface area contributed by atoms with Crippen molar-refractivity contribution in [1.29, 1.82) is 0 Å². The predicted octanol–water partition coefficient (Wildman–Crippen LogP) is 4.64. The van der Waals surface area contributed by atoms with Gasteiger partial charge in [-0.05, 0) is 11.1 Å². The lowest BCUT2D eigenvalue weighted by atomic mass is 9.75. The zero-order chi connectivity index (χ0) is 30.0. The van der Waals surface area contributed by atoms with Crippen molar-refractivity contribution in [2.45, 2.75) is 65.8 Å². The van der Waals surface area contributed by atoms with Crippen molar-refractivity contribution in [2.75, 3.05) is 27.4 Å². The van der Waals surface area contributed by atoms with Crippen molar-refractivity contribution in [3.63, 3.8) is 0 Å². The molecule has 0 heterocycles. The fraction of sp³-hybridized carbons (Fsp3) is 0.516. The molecule has 0 radical (unpaired) electrons. The van der Waals surface area contributed by atoms with E-state index in [9.17, 15) is 14.4 Å². The molecule has 0 aliphatic heterocycles. The van der Waals surface area contributed by atoms with Gasteiger partial charge in [0.05, 0.1) is 13.2 Å². The van der Waals surface area contributed by atoms with Crippen LogP contribution < -0.4 is 10.6 Å². The summed E-state index contributed by atoms with van der Waals surface area (Å²) in [5.41, 5.74) is -3.62. The van der Waals surface area contributed by atoms with Crippen molar-refractivity contribution < 1.29 is 33.3 Å². The topological polar surface area (TPSA) is 112 Å². The number of hydrogen-bond acceptors (Lipinski definition) is 7. The highest BCUT2D eigenvalue weighted by Gasteiger charge is 2.57. The molecule has 2 aromatic rings. The highest BCUT2D eigenvalue weighted by atomic mass is 16.8. The minimum atomic E-state index is -1.77. The van der Waals surface area contributed by atoms with E-state index in [1.165, 1.54) is 14.2 Å². The first-order chi connectivity index (χ1) is 18.7. The minimum absolute atomic E-state index is 0.219. The van der Waals surface area contributed by atoms with Gasteiger partial charge >= 0.3 is 6.16 Å². The smallest absolute Gasteiger partial charge is 0.414 e. The number of benzene rings is 2. The monoisotopic (exact) mass is 556 g/mol. The second-order valence-corrected chi connectivity index (χ2v) is 11.8. The Kier molecular flexibility index (Phi) is 11.3. The molecule has 9 heteroatoms. The van der Waals surface area contributed by atoms with Crippen LogP contribution in [0.5, 0.6) is 0 Å². The molecule has 2 atom stereocenters. The van der Waals surface area contributed by atoms with Crippen LogP contribution in [0.4, 0.5) is 4.79 Å². The average Bonchev–Trinajstić information content (AvgIpc) is 2.89. The van der Waals surface area contributed by atoms with Gasteiger partial charge in [0, 0.05) is 38.1 Å². The molecule has 0 aliphatic carbocycles. The largest absolute Gasteiger partial charge is 0.510 e. The second-order valence-electron chi connectivity index (χ2n) is 11.8. The number of methoxy groups -OCH3 is 2. The Morgan fingerprint density at radius 1 is 0.600 bits per heavy atom. The molecule has 0 spiro atoms. The average molecular weight is 557 g/mol. The van der Waals surface area contributed by atoms with Crippen LogP contribution in [0.25, 0.3) is 0 Å². The summed E-state index contributed by atoms with van der Waals surface area (Å²) >= 11 is 0. The number of carbonyl (C=O) groups is 3. The molecular weight excluding hydrogens is 512 g/mol. The molecule has 9 nitrogen and oxygen atoms in total. The van der Waals surface area contributed by atoms with Gasteiger partial charge in [0.15, 0.2) is 0 Å². The summed E-state index contributed by atoms with van der Waals surface area (Å²) in [5, 5.41) is 5.72. The summed E-state index contributed by atoms with van der Waals surface area (Å²) in [7, 11) is 2.84. The number of hydrogen-bond donors (Lipinski definition) is 2. The molecule has 2 amide bonds. The van der Waals surface area contributed by atoms with E-state index >= 15 is 0 Å². The molecule has 0 aromatic heterocycles. The maximum atomic E-state index is 13.7. The SMILES string of the molecule is COC[C@@](OC(=O)O[C@](COC)(C(=O)NCc1ccccc1)C(C)(C)C)(C(=O)NCc1ccccc1)C(C)(C)C. The summed E-state index contributed by atoms with van der Waals surface area (Å²) in [6, 6.07) is 18.7. The van der Waals surface area contributed by atoms with Crippen molar-refractivity contribution >= 4 is 18.0 Å². The van der Waals surface area contributed by atoms with Crippen molar-refractivity contribution in [3.05, 3.63) is 71.8 Å². The Morgan fingerprint density at radius 3 is 1.20 bits per heavy atom. The van der Waals surface area contributed by atoms with Gasteiger partial charge in [-0.15, -0.1) is 0 Å². The summed E-state index contributed by atoms with van der Waals surface area (Å²) in [5.74, 6) is -1.10. The maximum absolute atomic E-state index is 13.7. The fourth-order valence-electron chi connectivity index (χ4n) is 4.26. The van der Waals surface area contributed by atoms with E-state index in [1.54, 1.807) is 41.5 Å². The minimum Gasteiger partial charge on any atom is -0.414 e. The van der Waals surface area contributed by atoms with Gasteiger partial charge in [-0.1, -0.05) is 102 Å². The molecule has 0 unspecified atom stereocenters. The summed E-state index contributed by atoms with van der Waals surface area (Å²) in [6.07, 6.45) is -1.19. The van der Waals surface area contributed by atoms with Crippen LogP contribution in [0.15, 0.2) is 60.7 Å². The molecule has 0 saturated carbocycles. The van der Waals surface area contributed by atoms with Crippen LogP contribution in [-0.2, 0) is 41.6 Å². The van der Waals surface area contributed by atoms with Gasteiger partial charge in [0.1, 0.15) is 0 Å². The highest BCUT2D eigenvalue weighted by molar-refractivity contribution is 5.90. The van der Waals surface area contributed by atoms with Gasteiger partial charge in [-0.25, -0.2) is 4.79 Å². The zero-order valence-corrected chi connectivity index (χ0v) is 25.0. The van der Waals surface area contributed by atoms with Crippen molar-refractivity contribution in [2.24, 2.45) is 10.8 Å². The second kappa shape index (κ2) is 13.8. The Morgan fingerprint density at radius 2 is 0.925 bits per heavy atom. The van der Waals surface area contributed by atoms with E-state index < -0.39 is 40.0 Å². The zero-order valence-electron chi connectivity index (χ0n) is 25.0. The van der Waals surface area contributed by atoms with Gasteiger partial charge in [0.2, 0.25) is 11.2 Å². The molecule has 40 heavy (non-hydrogen) atoms. The van der Waals surface area contributed by atoms with Crippen LogP contribution in [0.2, 0.25) is 0 Å². The fourth-order valence-corrected chi connectivity index (χ4v) is 4.26. The van der Waals surface area contributed by atoms with E-state index in [-0.39, 0.29) is 26.3 Å². The molecule has 2 N–H and O–H groups in total. The Balaban J connectivity index is 2.37. The molecule has 0 aliphatic rings. The highest BCUT2D eigenvalue weighted by Crippen LogP contribution is 2.39.